The maximum atomic E-state index is 12.0. The number of H-pyrrole nitrogens is 1. The lowest BCUT2D eigenvalue weighted by Crippen LogP contribution is -2.26. The molecule has 0 aliphatic carbocycles. The van der Waals surface area contributed by atoms with E-state index in [1.165, 1.54) is 0 Å². The highest BCUT2D eigenvalue weighted by atomic mass is 31.2. The smallest absolute Gasteiger partial charge is 0.327 e. The van der Waals surface area contributed by atoms with E-state index in [1.807, 2.05) is 11.9 Å². The first kappa shape index (κ1) is 19.7. The van der Waals surface area contributed by atoms with Crippen LogP contribution >= 0.6 is 7.60 Å². The summed E-state index contributed by atoms with van der Waals surface area (Å²) < 4.78 is 10.8. The van der Waals surface area contributed by atoms with E-state index in [9.17, 15) is 9.36 Å². The molecule has 3 rings (SSSR count). The minimum Gasteiger partial charge on any atom is -0.382 e. The Kier molecular flexibility index (Phi) is 5.59. The first-order valence-corrected chi connectivity index (χ1v) is 10.1. The lowest BCUT2D eigenvalue weighted by Gasteiger charge is -2.19. The van der Waals surface area contributed by atoms with Crippen LogP contribution in [0.15, 0.2) is 30.5 Å². The molecule has 3 aromatic rings. The molecular weight excluding hydrogens is 385 g/mol. The number of amides is 1. The Morgan fingerprint density at radius 1 is 1.32 bits per heavy atom. The van der Waals surface area contributed by atoms with Crippen molar-refractivity contribution >= 4 is 36.2 Å². The van der Waals surface area contributed by atoms with Gasteiger partial charge in [-0.15, -0.1) is 0 Å². The quantitative estimate of drug-likeness (QED) is 0.351. The maximum absolute atomic E-state index is 12.0. The zero-order valence-corrected chi connectivity index (χ0v) is 15.9. The van der Waals surface area contributed by atoms with Crippen molar-refractivity contribution in [1.82, 2.24) is 25.5 Å². The Morgan fingerprint density at radius 2 is 2.04 bits per heavy atom. The van der Waals surface area contributed by atoms with Crippen LogP contribution in [0.5, 0.6) is 0 Å². The second-order valence-electron chi connectivity index (χ2n) is 6.22. The van der Waals surface area contributed by atoms with Crippen molar-refractivity contribution in [2.24, 2.45) is 0 Å². The third-order valence-corrected chi connectivity index (χ3v) is 4.80. The molecule has 0 aliphatic heterocycles. The molecule has 148 valence electrons. The van der Waals surface area contributed by atoms with Gasteiger partial charge in [0, 0.05) is 24.8 Å². The summed E-state index contributed by atoms with van der Waals surface area (Å²) in [5, 5.41) is 9.06. The summed E-state index contributed by atoms with van der Waals surface area (Å²) >= 11 is 0. The summed E-state index contributed by atoms with van der Waals surface area (Å²) in [6.07, 6.45) is 1.23. The number of aromatic amines is 1. The molecule has 2 aromatic heterocycles. The second-order valence-corrected chi connectivity index (χ2v) is 7.99. The monoisotopic (exact) mass is 405 g/mol. The molecule has 12 heteroatoms. The Balaban J connectivity index is 1.62. The van der Waals surface area contributed by atoms with E-state index in [2.05, 4.69) is 25.5 Å². The van der Waals surface area contributed by atoms with E-state index in [4.69, 9.17) is 15.5 Å². The number of anilines is 2. The zero-order valence-electron chi connectivity index (χ0n) is 15.0. The molecule has 0 unspecified atom stereocenters. The van der Waals surface area contributed by atoms with Crippen LogP contribution in [0.25, 0.3) is 11.2 Å². The predicted octanol–water partition coefficient (Wildman–Crippen LogP) is 0.479. The van der Waals surface area contributed by atoms with Crippen LogP contribution in [0.4, 0.5) is 11.5 Å². The van der Waals surface area contributed by atoms with Crippen molar-refractivity contribution in [1.29, 1.82) is 0 Å². The van der Waals surface area contributed by atoms with Crippen molar-refractivity contribution in [3.63, 3.8) is 0 Å². The van der Waals surface area contributed by atoms with Crippen LogP contribution in [-0.2, 0) is 11.1 Å². The number of carbonyl (C=O) groups is 1. The van der Waals surface area contributed by atoms with Gasteiger partial charge in [0.1, 0.15) is 5.82 Å². The fourth-order valence-electron chi connectivity index (χ4n) is 2.54. The van der Waals surface area contributed by atoms with Crippen LogP contribution in [0.1, 0.15) is 16.1 Å². The summed E-state index contributed by atoms with van der Waals surface area (Å²) in [7, 11) is -2.25. The second kappa shape index (κ2) is 7.93. The summed E-state index contributed by atoms with van der Waals surface area (Å²) in [5.74, 6) is -0.0319. The van der Waals surface area contributed by atoms with E-state index < -0.39 is 19.7 Å². The van der Waals surface area contributed by atoms with Gasteiger partial charge in [0.25, 0.3) is 5.91 Å². The Bertz CT molecular complexity index is 1030. The van der Waals surface area contributed by atoms with E-state index in [-0.39, 0.29) is 6.54 Å². The first-order valence-electron chi connectivity index (χ1n) is 8.32. The van der Waals surface area contributed by atoms with Crippen molar-refractivity contribution in [2.75, 3.05) is 30.4 Å². The van der Waals surface area contributed by atoms with Gasteiger partial charge < -0.3 is 25.7 Å². The molecule has 0 radical (unpaired) electrons. The Hall–Kier alpha value is -3.01. The number of hydrogen-bond acceptors (Lipinski definition) is 7. The number of nitrogens with zero attached hydrogens (tertiary/aromatic N) is 4. The number of fused-ring (bicyclic) bond motifs is 1. The number of benzene rings is 1. The largest absolute Gasteiger partial charge is 0.382 e. The van der Waals surface area contributed by atoms with E-state index in [0.29, 0.717) is 34.8 Å². The predicted molar refractivity (Wildman–Crippen MR) is 104 cm³/mol. The van der Waals surface area contributed by atoms with Crippen LogP contribution in [0, 0.1) is 0 Å². The van der Waals surface area contributed by atoms with Crippen molar-refractivity contribution in [3.8, 4) is 0 Å². The number of nitrogen functional groups attached to an aromatic ring is 1. The molecule has 1 amide bonds. The highest BCUT2D eigenvalue weighted by Crippen LogP contribution is 2.32. The van der Waals surface area contributed by atoms with Crippen molar-refractivity contribution < 1.29 is 19.1 Å². The first-order chi connectivity index (χ1) is 13.2. The van der Waals surface area contributed by atoms with Crippen molar-refractivity contribution in [2.45, 2.75) is 6.54 Å². The van der Waals surface area contributed by atoms with Gasteiger partial charge in [-0.2, -0.15) is 5.10 Å². The molecule has 11 nitrogen and oxygen atoms in total. The van der Waals surface area contributed by atoms with Crippen molar-refractivity contribution in [3.05, 3.63) is 41.7 Å². The van der Waals surface area contributed by atoms with Gasteiger partial charge >= 0.3 is 7.60 Å². The molecule has 0 saturated heterocycles. The standard InChI is InChI=1S/C16H20N7O4P/c1-23(9-11-8-19-15-13(20-11)14(17)21-22-15)12-4-2-10(3-5-12)16(24)18-6-7-28(25,26)27/h2-5,8H,6-7,9H2,1H3,(H,18,24)(H2,25,26,27)(H3,17,19,21,22). The molecule has 0 bridgehead atoms. The summed E-state index contributed by atoms with van der Waals surface area (Å²) in [6, 6.07) is 6.83. The van der Waals surface area contributed by atoms with Gasteiger partial charge in [-0.05, 0) is 24.3 Å². The third kappa shape index (κ3) is 4.83. The molecule has 6 N–H and O–H groups in total. The van der Waals surface area contributed by atoms with Gasteiger partial charge in [-0.1, -0.05) is 0 Å². The van der Waals surface area contributed by atoms with Gasteiger partial charge in [-0.3, -0.25) is 14.5 Å². The number of aromatic nitrogens is 4. The molecule has 0 saturated carbocycles. The highest BCUT2D eigenvalue weighted by molar-refractivity contribution is 7.51. The van der Waals surface area contributed by atoms with Crippen LogP contribution in [0.2, 0.25) is 0 Å². The number of nitrogens with two attached hydrogens (primary N) is 1. The van der Waals surface area contributed by atoms with E-state index >= 15 is 0 Å². The lowest BCUT2D eigenvalue weighted by atomic mass is 10.2. The average Bonchev–Trinajstić information content (AvgIpc) is 3.01. The van der Waals surface area contributed by atoms with Crippen LogP contribution in [0.3, 0.4) is 0 Å². The molecule has 0 fully saturated rings. The van der Waals surface area contributed by atoms with Gasteiger partial charge in [0.05, 0.1) is 24.6 Å². The molecule has 2 heterocycles. The highest BCUT2D eigenvalue weighted by Gasteiger charge is 2.14. The lowest BCUT2D eigenvalue weighted by molar-refractivity contribution is 0.0956. The minimum absolute atomic E-state index is 0.0942. The van der Waals surface area contributed by atoms with E-state index in [0.717, 1.165) is 5.69 Å². The summed E-state index contributed by atoms with van der Waals surface area (Å²) in [6.45, 7) is 0.379. The minimum atomic E-state index is -4.13. The third-order valence-electron chi connectivity index (χ3n) is 4.00. The number of hydrogen-bond donors (Lipinski definition) is 5. The number of carbonyl (C=O) groups excluding carboxylic acids is 1. The van der Waals surface area contributed by atoms with Gasteiger partial charge in [0.2, 0.25) is 5.65 Å². The molecule has 0 atom stereocenters. The fraction of sp³-hybridized carbons (Fsp3) is 0.250. The maximum Gasteiger partial charge on any atom is 0.327 e. The SMILES string of the molecule is CN(Cc1cnc2n[nH]c(N)c2n1)c1ccc(C(=O)NCCP(=O)(O)O)cc1. The molecule has 1 aromatic carbocycles. The van der Waals surface area contributed by atoms with E-state index in [1.54, 1.807) is 30.5 Å². The number of nitrogens with one attached hydrogen (secondary N) is 2. The Morgan fingerprint density at radius 3 is 2.71 bits per heavy atom. The zero-order chi connectivity index (χ0) is 20.3. The van der Waals surface area contributed by atoms with Crippen LogP contribution in [-0.4, -0.2) is 55.6 Å². The molecular formula is C16H20N7O4P. The topological polar surface area (TPSA) is 170 Å². The van der Waals surface area contributed by atoms with Crippen LogP contribution < -0.4 is 16.0 Å². The fourth-order valence-corrected chi connectivity index (χ4v) is 2.95. The Labute approximate surface area is 160 Å². The summed E-state index contributed by atoms with van der Waals surface area (Å²) in [4.78, 5) is 40.2. The molecule has 28 heavy (non-hydrogen) atoms. The average molecular weight is 405 g/mol. The summed E-state index contributed by atoms with van der Waals surface area (Å²) in [5.41, 5.74) is 8.72. The normalized spacial score (nSPS) is 11.5. The molecule has 0 spiro atoms. The molecule has 0 aliphatic rings. The number of rotatable bonds is 7. The van der Waals surface area contributed by atoms with Gasteiger partial charge in [-0.25, -0.2) is 9.97 Å². The van der Waals surface area contributed by atoms with Gasteiger partial charge in [0.15, 0.2) is 5.52 Å².